The van der Waals surface area contributed by atoms with Gasteiger partial charge in [-0.25, -0.2) is 23.3 Å². The van der Waals surface area contributed by atoms with E-state index in [9.17, 15) is 18.4 Å². The van der Waals surface area contributed by atoms with Gasteiger partial charge in [-0.3, -0.25) is 0 Å². The van der Waals surface area contributed by atoms with Gasteiger partial charge in [-0.1, -0.05) is 24.1 Å². The highest BCUT2D eigenvalue weighted by atomic mass is 35.5. The molecule has 0 saturated heterocycles. The largest absolute Gasteiger partial charge is 0.480 e. The average Bonchev–Trinajstić information content (AvgIpc) is 2.75. The highest BCUT2D eigenvalue weighted by Gasteiger charge is 2.26. The fourth-order valence-corrected chi connectivity index (χ4v) is 4.05. The Labute approximate surface area is 189 Å². The average molecular weight is 468 g/mol. The minimum absolute atomic E-state index is 0.0947. The van der Waals surface area contributed by atoms with Gasteiger partial charge in [0.1, 0.15) is 18.2 Å². The van der Waals surface area contributed by atoms with Crippen LogP contribution in [-0.4, -0.2) is 37.0 Å². The third-order valence-electron chi connectivity index (χ3n) is 5.32. The highest BCUT2D eigenvalue weighted by molar-refractivity contribution is 6.31. The van der Waals surface area contributed by atoms with Gasteiger partial charge in [0.15, 0.2) is 0 Å². The van der Waals surface area contributed by atoms with E-state index < -0.39 is 23.7 Å². The molecule has 172 valence electrons. The van der Waals surface area contributed by atoms with Crippen LogP contribution in [0.2, 0.25) is 5.02 Å². The molecule has 2 unspecified atom stereocenters. The second-order valence-electron chi connectivity index (χ2n) is 7.80. The Bertz CT molecular complexity index is 958. The zero-order valence-corrected chi connectivity index (χ0v) is 18.1. The molecule has 1 aliphatic rings. The van der Waals surface area contributed by atoms with Crippen molar-refractivity contribution in [3.63, 3.8) is 0 Å². The summed E-state index contributed by atoms with van der Waals surface area (Å²) < 4.78 is 38.2. The van der Waals surface area contributed by atoms with Crippen molar-refractivity contribution in [3.8, 4) is 0 Å². The number of nitrogens with zero attached hydrogens (tertiary/aromatic N) is 1. The molecule has 1 N–H and O–H groups in total. The summed E-state index contributed by atoms with van der Waals surface area (Å²) in [6.45, 7) is 0.161. The lowest BCUT2D eigenvalue weighted by Crippen LogP contribution is -2.30. The van der Waals surface area contributed by atoms with Crippen LogP contribution in [0.1, 0.15) is 25.7 Å². The first kappa shape index (κ1) is 23.9. The number of halogens is 3. The van der Waals surface area contributed by atoms with E-state index in [0.29, 0.717) is 6.61 Å². The molecule has 2 aromatic rings. The summed E-state index contributed by atoms with van der Waals surface area (Å²) in [6.07, 6.45) is 2.72. The Kier molecular flexibility index (Phi) is 8.41. The molecule has 2 atom stereocenters. The first-order valence-corrected chi connectivity index (χ1v) is 10.7. The molecular formula is C23H24ClF2NO5. The molecular weight excluding hydrogens is 444 g/mol. The molecule has 0 aromatic heterocycles. The Morgan fingerprint density at radius 3 is 2.47 bits per heavy atom. The predicted octanol–water partition coefficient (Wildman–Crippen LogP) is 5.80. The maximum absolute atomic E-state index is 13.8. The van der Waals surface area contributed by atoms with E-state index in [2.05, 4.69) is 0 Å². The van der Waals surface area contributed by atoms with E-state index in [1.54, 1.807) is 0 Å². The summed E-state index contributed by atoms with van der Waals surface area (Å²) in [4.78, 5) is 24.7. The van der Waals surface area contributed by atoms with Gasteiger partial charge in [0.05, 0.1) is 29.6 Å². The van der Waals surface area contributed by atoms with Crippen molar-refractivity contribution >= 4 is 35.0 Å². The molecule has 0 radical (unpaired) electrons. The number of rotatable bonds is 8. The Balaban J connectivity index is 1.67. The maximum Gasteiger partial charge on any atom is 0.418 e. The Morgan fingerprint density at radius 1 is 1.06 bits per heavy atom. The number of anilines is 2. The summed E-state index contributed by atoms with van der Waals surface area (Å²) in [5.41, 5.74) is 0.469. The van der Waals surface area contributed by atoms with Crippen LogP contribution in [0, 0.1) is 23.5 Å². The third kappa shape index (κ3) is 6.64. The Hall–Kier alpha value is -2.71. The van der Waals surface area contributed by atoms with Crippen molar-refractivity contribution in [1.82, 2.24) is 0 Å². The van der Waals surface area contributed by atoms with Crippen molar-refractivity contribution in [2.24, 2.45) is 11.8 Å². The van der Waals surface area contributed by atoms with E-state index in [1.165, 1.54) is 36.4 Å². The van der Waals surface area contributed by atoms with Gasteiger partial charge in [-0.2, -0.15) is 0 Å². The van der Waals surface area contributed by atoms with Gasteiger partial charge < -0.3 is 14.6 Å². The number of aliphatic carboxylic acids is 1. The molecule has 0 spiro atoms. The number of hydrogen-bond acceptors (Lipinski definition) is 4. The summed E-state index contributed by atoms with van der Waals surface area (Å²) in [5, 5.41) is 8.52. The molecule has 0 heterocycles. The van der Waals surface area contributed by atoms with Gasteiger partial charge in [0.25, 0.3) is 0 Å². The lowest BCUT2D eigenvalue weighted by Gasteiger charge is -2.29. The van der Waals surface area contributed by atoms with Crippen LogP contribution in [0.25, 0.3) is 0 Å². The van der Waals surface area contributed by atoms with Crippen LogP contribution < -0.4 is 4.90 Å². The maximum atomic E-state index is 13.8. The molecule has 3 rings (SSSR count). The van der Waals surface area contributed by atoms with Gasteiger partial charge in [-0.15, -0.1) is 0 Å². The summed E-state index contributed by atoms with van der Waals surface area (Å²) in [5.74, 6) is -1.89. The number of benzene rings is 2. The molecule has 32 heavy (non-hydrogen) atoms. The van der Waals surface area contributed by atoms with Crippen LogP contribution in [-0.2, 0) is 14.3 Å². The SMILES string of the molecule is O=C(O)COCC1CCCC(COC(=O)N(c2cccc(F)c2)c2ccc(F)c(Cl)c2)C1. The lowest BCUT2D eigenvalue weighted by atomic mass is 9.82. The molecule has 0 aliphatic heterocycles. The van der Waals surface area contributed by atoms with E-state index in [0.717, 1.165) is 36.6 Å². The standard InChI is InChI=1S/C23H24ClF2NO5/c24-20-11-19(7-8-21(20)26)27(18-6-2-5-17(25)10-18)23(30)32-13-16-4-1-3-15(9-16)12-31-14-22(28)29/h2,5-8,10-11,15-16H,1,3-4,9,12-14H2,(H,28,29). The zero-order chi connectivity index (χ0) is 23.1. The molecule has 1 aliphatic carbocycles. The van der Waals surface area contributed by atoms with Crippen molar-refractivity contribution in [3.05, 3.63) is 59.1 Å². The van der Waals surface area contributed by atoms with Crippen LogP contribution in [0.3, 0.4) is 0 Å². The first-order valence-electron chi connectivity index (χ1n) is 10.3. The van der Waals surface area contributed by atoms with Crippen LogP contribution in [0.4, 0.5) is 25.0 Å². The van der Waals surface area contributed by atoms with E-state index in [4.69, 9.17) is 26.2 Å². The second kappa shape index (κ2) is 11.2. The molecule has 9 heteroatoms. The molecule has 6 nitrogen and oxygen atoms in total. The first-order chi connectivity index (χ1) is 15.3. The highest BCUT2D eigenvalue weighted by Crippen LogP contribution is 2.32. The van der Waals surface area contributed by atoms with E-state index in [-0.39, 0.29) is 41.4 Å². The van der Waals surface area contributed by atoms with Gasteiger partial charge in [0, 0.05) is 0 Å². The predicted molar refractivity (Wildman–Crippen MR) is 115 cm³/mol. The third-order valence-corrected chi connectivity index (χ3v) is 5.61. The van der Waals surface area contributed by atoms with Crippen molar-refractivity contribution in [1.29, 1.82) is 0 Å². The van der Waals surface area contributed by atoms with Gasteiger partial charge in [-0.05, 0) is 67.5 Å². The fraction of sp³-hybridized carbons (Fsp3) is 0.391. The minimum Gasteiger partial charge on any atom is -0.480 e. The van der Waals surface area contributed by atoms with Crippen molar-refractivity contribution < 1.29 is 33.0 Å². The van der Waals surface area contributed by atoms with Crippen LogP contribution in [0.15, 0.2) is 42.5 Å². The number of carbonyl (C=O) groups is 2. The quantitative estimate of drug-likeness (QED) is 0.531. The van der Waals surface area contributed by atoms with Crippen molar-refractivity contribution in [2.75, 3.05) is 24.7 Å². The molecule has 1 amide bonds. The topological polar surface area (TPSA) is 76.1 Å². The normalized spacial score (nSPS) is 18.2. The summed E-state index contributed by atoms with van der Waals surface area (Å²) in [6, 6.07) is 9.19. The zero-order valence-electron chi connectivity index (χ0n) is 17.3. The molecule has 0 bridgehead atoms. The number of carbonyl (C=O) groups excluding carboxylic acids is 1. The molecule has 2 aromatic carbocycles. The fourth-order valence-electron chi connectivity index (χ4n) is 3.87. The lowest BCUT2D eigenvalue weighted by molar-refractivity contribution is -0.142. The summed E-state index contributed by atoms with van der Waals surface area (Å²) >= 11 is 5.88. The minimum atomic E-state index is -1.01. The smallest absolute Gasteiger partial charge is 0.418 e. The number of ether oxygens (including phenoxy) is 2. The Morgan fingerprint density at radius 2 is 1.78 bits per heavy atom. The molecule has 1 saturated carbocycles. The number of amides is 1. The van der Waals surface area contributed by atoms with Crippen LogP contribution >= 0.6 is 11.6 Å². The van der Waals surface area contributed by atoms with Gasteiger partial charge >= 0.3 is 12.1 Å². The number of carboxylic acid groups (broad SMARTS) is 1. The second-order valence-corrected chi connectivity index (χ2v) is 8.21. The van der Waals surface area contributed by atoms with Crippen LogP contribution in [0.5, 0.6) is 0 Å². The van der Waals surface area contributed by atoms with E-state index in [1.807, 2.05) is 0 Å². The summed E-state index contributed by atoms with van der Waals surface area (Å²) in [7, 11) is 0. The number of hydrogen-bond donors (Lipinski definition) is 1. The van der Waals surface area contributed by atoms with Crippen molar-refractivity contribution in [2.45, 2.75) is 25.7 Å². The molecule has 1 fully saturated rings. The number of carboxylic acids is 1. The van der Waals surface area contributed by atoms with Gasteiger partial charge in [0.2, 0.25) is 0 Å². The van der Waals surface area contributed by atoms with E-state index >= 15 is 0 Å². The monoisotopic (exact) mass is 467 g/mol.